The van der Waals surface area contributed by atoms with Crippen molar-refractivity contribution in [1.29, 1.82) is 5.26 Å². The Bertz CT molecular complexity index is 783. The predicted octanol–water partition coefficient (Wildman–Crippen LogP) is 2.99. The van der Waals surface area contributed by atoms with Gasteiger partial charge in [0, 0.05) is 44.0 Å². The number of hydrogen-bond acceptors (Lipinski definition) is 6. The number of aryl methyl sites for hydroxylation is 1. The van der Waals surface area contributed by atoms with Crippen molar-refractivity contribution >= 4 is 28.3 Å². The standard InChI is InChI=1S/C20H28N4O3S/c1-20(2,3)27-19(26)24-11-9-23(10-12-24)8-7-17(25)22-18-15(13-21)14-5-4-6-16(14)28-18/h4-12H2,1-3H3,(H,22,25). The molecule has 1 aliphatic carbocycles. The lowest BCUT2D eigenvalue weighted by atomic mass is 10.1. The maximum absolute atomic E-state index is 12.4. The van der Waals surface area contributed by atoms with Gasteiger partial charge in [0.1, 0.15) is 16.7 Å². The van der Waals surface area contributed by atoms with Crippen LogP contribution >= 0.6 is 11.3 Å². The van der Waals surface area contributed by atoms with Crippen LogP contribution in [0.4, 0.5) is 9.80 Å². The normalized spacial score (nSPS) is 17.1. The number of anilines is 1. The van der Waals surface area contributed by atoms with Crippen LogP contribution in [0.15, 0.2) is 0 Å². The molecule has 1 fully saturated rings. The van der Waals surface area contributed by atoms with Gasteiger partial charge in [0.2, 0.25) is 5.91 Å². The third kappa shape index (κ3) is 5.03. The number of ether oxygens (including phenoxy) is 1. The Labute approximate surface area is 170 Å². The van der Waals surface area contributed by atoms with E-state index in [9.17, 15) is 14.9 Å². The molecule has 8 heteroatoms. The van der Waals surface area contributed by atoms with E-state index >= 15 is 0 Å². The smallest absolute Gasteiger partial charge is 0.410 e. The van der Waals surface area contributed by atoms with Crippen LogP contribution < -0.4 is 5.32 Å². The van der Waals surface area contributed by atoms with E-state index < -0.39 is 5.60 Å². The van der Waals surface area contributed by atoms with Crippen molar-refractivity contribution in [3.05, 3.63) is 16.0 Å². The monoisotopic (exact) mass is 404 g/mol. The van der Waals surface area contributed by atoms with Crippen molar-refractivity contribution in [2.75, 3.05) is 38.0 Å². The topological polar surface area (TPSA) is 85.7 Å². The zero-order chi connectivity index (χ0) is 20.3. The number of nitriles is 1. The summed E-state index contributed by atoms with van der Waals surface area (Å²) in [4.78, 5) is 29.6. The summed E-state index contributed by atoms with van der Waals surface area (Å²) in [5, 5.41) is 13.0. The lowest BCUT2D eigenvalue weighted by molar-refractivity contribution is -0.116. The average molecular weight is 405 g/mol. The van der Waals surface area contributed by atoms with Crippen molar-refractivity contribution in [2.45, 2.75) is 52.1 Å². The van der Waals surface area contributed by atoms with Crippen LogP contribution in [0.2, 0.25) is 0 Å². The summed E-state index contributed by atoms with van der Waals surface area (Å²) in [5.74, 6) is -0.0639. The first-order chi connectivity index (χ1) is 13.3. The molecule has 1 N–H and O–H groups in total. The van der Waals surface area contributed by atoms with Gasteiger partial charge in [-0.15, -0.1) is 11.3 Å². The summed E-state index contributed by atoms with van der Waals surface area (Å²) in [6.07, 6.45) is 3.14. The number of rotatable bonds is 4. The molecule has 0 atom stereocenters. The van der Waals surface area contributed by atoms with E-state index in [0.29, 0.717) is 36.6 Å². The number of fused-ring (bicyclic) bond motifs is 1. The molecule has 2 aliphatic rings. The highest BCUT2D eigenvalue weighted by atomic mass is 32.1. The molecular formula is C20H28N4O3S. The Hall–Kier alpha value is -2.11. The minimum absolute atomic E-state index is 0.0639. The van der Waals surface area contributed by atoms with Gasteiger partial charge in [-0.25, -0.2) is 4.79 Å². The second kappa shape index (κ2) is 8.50. The fourth-order valence-corrected chi connectivity index (χ4v) is 4.80. The molecule has 7 nitrogen and oxygen atoms in total. The summed E-state index contributed by atoms with van der Waals surface area (Å²) >= 11 is 1.54. The first kappa shape index (κ1) is 20.6. The second-order valence-corrected chi connectivity index (χ2v) is 9.39. The summed E-state index contributed by atoms with van der Waals surface area (Å²) in [7, 11) is 0. The maximum Gasteiger partial charge on any atom is 0.410 e. The Kier molecular flexibility index (Phi) is 6.26. The maximum atomic E-state index is 12.4. The number of amides is 2. The molecule has 3 rings (SSSR count). The fourth-order valence-electron chi connectivity index (χ4n) is 3.54. The van der Waals surface area contributed by atoms with Crippen LogP contribution in [-0.2, 0) is 22.4 Å². The zero-order valence-corrected chi connectivity index (χ0v) is 17.7. The predicted molar refractivity (Wildman–Crippen MR) is 109 cm³/mol. The van der Waals surface area contributed by atoms with Gasteiger partial charge in [0.15, 0.2) is 0 Å². The lowest BCUT2D eigenvalue weighted by Gasteiger charge is -2.35. The van der Waals surface area contributed by atoms with Gasteiger partial charge in [-0.2, -0.15) is 5.26 Å². The van der Waals surface area contributed by atoms with Crippen molar-refractivity contribution in [3.8, 4) is 6.07 Å². The Morgan fingerprint density at radius 3 is 2.57 bits per heavy atom. The van der Waals surface area contributed by atoms with E-state index in [1.807, 2.05) is 20.8 Å². The first-order valence-electron chi connectivity index (χ1n) is 9.81. The van der Waals surface area contributed by atoms with Gasteiger partial charge >= 0.3 is 6.09 Å². The molecule has 1 saturated heterocycles. The van der Waals surface area contributed by atoms with Gasteiger partial charge in [-0.05, 0) is 45.6 Å². The average Bonchev–Trinajstić information content (AvgIpc) is 3.19. The Balaban J connectivity index is 1.43. The van der Waals surface area contributed by atoms with Gasteiger partial charge in [-0.1, -0.05) is 0 Å². The van der Waals surface area contributed by atoms with E-state index in [1.54, 1.807) is 16.2 Å². The number of carbonyl (C=O) groups excluding carboxylic acids is 2. The summed E-state index contributed by atoms with van der Waals surface area (Å²) in [5.41, 5.74) is 1.29. The SMILES string of the molecule is CC(C)(C)OC(=O)N1CCN(CCC(=O)Nc2sc3c(c2C#N)CCC3)CC1. The molecule has 152 valence electrons. The third-order valence-electron chi connectivity index (χ3n) is 4.97. The Morgan fingerprint density at radius 1 is 1.21 bits per heavy atom. The molecule has 0 unspecified atom stereocenters. The summed E-state index contributed by atoms with van der Waals surface area (Å²) in [6.45, 7) is 8.88. The van der Waals surface area contributed by atoms with Gasteiger partial charge in [0.05, 0.1) is 5.56 Å². The minimum Gasteiger partial charge on any atom is -0.444 e. The van der Waals surface area contributed by atoms with Crippen molar-refractivity contribution in [3.63, 3.8) is 0 Å². The van der Waals surface area contributed by atoms with Crippen LogP contribution in [0, 0.1) is 11.3 Å². The van der Waals surface area contributed by atoms with Crippen molar-refractivity contribution in [1.82, 2.24) is 9.80 Å². The first-order valence-corrected chi connectivity index (χ1v) is 10.6. The van der Waals surface area contributed by atoms with E-state index in [4.69, 9.17) is 4.74 Å². The van der Waals surface area contributed by atoms with Gasteiger partial charge < -0.3 is 15.0 Å². The molecule has 2 heterocycles. The van der Waals surface area contributed by atoms with Crippen LogP contribution in [0.25, 0.3) is 0 Å². The summed E-state index contributed by atoms with van der Waals surface area (Å²) < 4.78 is 5.40. The van der Waals surface area contributed by atoms with E-state index in [1.165, 1.54) is 4.88 Å². The lowest BCUT2D eigenvalue weighted by Crippen LogP contribution is -2.50. The summed E-state index contributed by atoms with van der Waals surface area (Å²) in [6, 6.07) is 2.25. The molecule has 28 heavy (non-hydrogen) atoms. The number of piperazine rings is 1. The molecule has 0 radical (unpaired) electrons. The van der Waals surface area contributed by atoms with E-state index in [2.05, 4.69) is 16.3 Å². The molecule has 0 saturated carbocycles. The fraction of sp³-hybridized carbons (Fsp3) is 0.650. The number of hydrogen-bond donors (Lipinski definition) is 1. The largest absolute Gasteiger partial charge is 0.444 e. The molecule has 0 bridgehead atoms. The number of nitrogens with one attached hydrogen (secondary N) is 1. The molecule has 0 aromatic carbocycles. The molecule has 1 aromatic rings. The van der Waals surface area contributed by atoms with E-state index in [0.717, 1.165) is 37.9 Å². The Morgan fingerprint density at radius 2 is 1.93 bits per heavy atom. The quantitative estimate of drug-likeness (QED) is 0.834. The van der Waals surface area contributed by atoms with Crippen LogP contribution in [0.5, 0.6) is 0 Å². The minimum atomic E-state index is -0.490. The highest BCUT2D eigenvalue weighted by Crippen LogP contribution is 2.38. The highest BCUT2D eigenvalue weighted by Gasteiger charge is 2.26. The third-order valence-corrected chi connectivity index (χ3v) is 6.17. The molecule has 0 spiro atoms. The zero-order valence-electron chi connectivity index (χ0n) is 16.8. The second-order valence-electron chi connectivity index (χ2n) is 8.28. The van der Waals surface area contributed by atoms with Crippen LogP contribution in [0.1, 0.15) is 49.6 Å². The van der Waals surface area contributed by atoms with Crippen LogP contribution in [-0.4, -0.2) is 60.1 Å². The van der Waals surface area contributed by atoms with Crippen molar-refractivity contribution in [2.24, 2.45) is 0 Å². The van der Waals surface area contributed by atoms with Crippen molar-refractivity contribution < 1.29 is 14.3 Å². The molecule has 2 amide bonds. The van der Waals surface area contributed by atoms with Crippen LogP contribution in [0.3, 0.4) is 0 Å². The number of thiophene rings is 1. The number of carbonyl (C=O) groups is 2. The van der Waals surface area contributed by atoms with Gasteiger partial charge in [-0.3, -0.25) is 9.69 Å². The molecular weight excluding hydrogens is 376 g/mol. The molecule has 1 aliphatic heterocycles. The highest BCUT2D eigenvalue weighted by molar-refractivity contribution is 7.16. The molecule has 1 aromatic heterocycles. The van der Waals surface area contributed by atoms with E-state index in [-0.39, 0.29) is 12.0 Å². The van der Waals surface area contributed by atoms with Gasteiger partial charge in [0.25, 0.3) is 0 Å². The number of nitrogens with zero attached hydrogens (tertiary/aromatic N) is 3.